The van der Waals surface area contributed by atoms with E-state index in [9.17, 15) is 13.2 Å². The van der Waals surface area contributed by atoms with Gasteiger partial charge in [-0.05, 0) is 24.3 Å². The van der Waals surface area contributed by atoms with Crippen molar-refractivity contribution >= 4 is 31.7 Å². The SMILES string of the molecule is CN1CCC(Oc2cc(Br)cc(Oc3ccc(S(C)(=O)=O)nc3)c2)C1=O. The van der Waals surface area contributed by atoms with Gasteiger partial charge in [-0.1, -0.05) is 15.9 Å². The quantitative estimate of drug-likeness (QED) is 0.710. The highest BCUT2D eigenvalue weighted by atomic mass is 79.9. The Morgan fingerprint density at radius 3 is 2.50 bits per heavy atom. The van der Waals surface area contributed by atoms with Crippen molar-refractivity contribution < 1.29 is 22.7 Å². The summed E-state index contributed by atoms with van der Waals surface area (Å²) in [5.41, 5.74) is 0. The molecule has 3 rings (SSSR count). The molecule has 9 heteroatoms. The van der Waals surface area contributed by atoms with Crippen molar-refractivity contribution in [2.75, 3.05) is 19.8 Å². The second-order valence-electron chi connectivity index (χ2n) is 5.98. The summed E-state index contributed by atoms with van der Waals surface area (Å²) in [5, 5.41) is -0.0213. The van der Waals surface area contributed by atoms with Crippen LogP contribution in [0.15, 0.2) is 46.0 Å². The molecule has 1 atom stereocenters. The van der Waals surface area contributed by atoms with E-state index >= 15 is 0 Å². The van der Waals surface area contributed by atoms with Gasteiger partial charge in [-0.15, -0.1) is 0 Å². The monoisotopic (exact) mass is 440 g/mol. The third-order valence-electron chi connectivity index (χ3n) is 3.83. The van der Waals surface area contributed by atoms with E-state index in [1.54, 1.807) is 30.1 Å². The molecule has 1 fully saturated rings. The Kier molecular flexibility index (Phi) is 5.19. The van der Waals surface area contributed by atoms with Gasteiger partial charge in [-0.3, -0.25) is 4.79 Å². The summed E-state index contributed by atoms with van der Waals surface area (Å²) in [7, 11) is -1.61. The molecule has 1 unspecified atom stereocenters. The number of aromatic nitrogens is 1. The van der Waals surface area contributed by atoms with Crippen LogP contribution < -0.4 is 9.47 Å². The molecule has 0 radical (unpaired) electrons. The highest BCUT2D eigenvalue weighted by molar-refractivity contribution is 9.10. The Hall–Kier alpha value is -2.13. The van der Waals surface area contributed by atoms with E-state index in [-0.39, 0.29) is 10.9 Å². The first kappa shape index (κ1) is 18.7. The van der Waals surface area contributed by atoms with E-state index in [0.717, 1.165) is 10.7 Å². The highest BCUT2D eigenvalue weighted by Gasteiger charge is 2.30. The number of hydrogen-bond donors (Lipinski definition) is 0. The van der Waals surface area contributed by atoms with Crippen molar-refractivity contribution in [3.05, 3.63) is 41.0 Å². The van der Waals surface area contributed by atoms with Gasteiger partial charge >= 0.3 is 0 Å². The van der Waals surface area contributed by atoms with Gasteiger partial charge in [0.25, 0.3) is 5.91 Å². The topological polar surface area (TPSA) is 85.8 Å². The number of ether oxygens (including phenoxy) is 2. The number of halogens is 1. The summed E-state index contributed by atoms with van der Waals surface area (Å²) in [4.78, 5) is 17.5. The second kappa shape index (κ2) is 7.24. The molecule has 0 N–H and O–H groups in total. The largest absolute Gasteiger partial charge is 0.480 e. The summed E-state index contributed by atoms with van der Waals surface area (Å²) in [6, 6.07) is 8.07. The number of sulfone groups is 1. The minimum absolute atomic E-state index is 0.0213. The Morgan fingerprint density at radius 2 is 1.92 bits per heavy atom. The van der Waals surface area contributed by atoms with Gasteiger partial charge in [0.05, 0.1) is 6.20 Å². The lowest BCUT2D eigenvalue weighted by molar-refractivity contribution is -0.132. The fourth-order valence-electron chi connectivity index (χ4n) is 2.51. The van der Waals surface area contributed by atoms with E-state index in [0.29, 0.717) is 30.2 Å². The molecule has 1 aromatic carbocycles. The molecular weight excluding hydrogens is 424 g/mol. The molecule has 2 heterocycles. The van der Waals surface area contributed by atoms with Gasteiger partial charge in [0, 0.05) is 36.8 Å². The van der Waals surface area contributed by atoms with Crippen molar-refractivity contribution in [1.29, 1.82) is 0 Å². The highest BCUT2D eigenvalue weighted by Crippen LogP contribution is 2.31. The van der Waals surface area contributed by atoms with E-state index < -0.39 is 15.9 Å². The molecule has 0 bridgehead atoms. The van der Waals surface area contributed by atoms with Gasteiger partial charge in [-0.2, -0.15) is 0 Å². The zero-order valence-corrected chi connectivity index (χ0v) is 16.6. The predicted octanol–water partition coefficient (Wildman–Crippen LogP) is 2.65. The number of likely N-dealkylation sites (tertiary alicyclic amines) is 1. The number of amides is 1. The van der Waals surface area contributed by atoms with E-state index in [4.69, 9.17) is 9.47 Å². The van der Waals surface area contributed by atoms with Crippen LogP contribution in [0.3, 0.4) is 0 Å². The van der Waals surface area contributed by atoms with Crippen LogP contribution in [0.1, 0.15) is 6.42 Å². The predicted molar refractivity (Wildman–Crippen MR) is 98.2 cm³/mol. The average molecular weight is 441 g/mol. The van der Waals surface area contributed by atoms with Gasteiger partial charge in [0.1, 0.15) is 17.2 Å². The van der Waals surface area contributed by atoms with Gasteiger partial charge < -0.3 is 14.4 Å². The van der Waals surface area contributed by atoms with Crippen LogP contribution in [0, 0.1) is 0 Å². The van der Waals surface area contributed by atoms with Crippen LogP contribution in [0.5, 0.6) is 17.2 Å². The summed E-state index contributed by atoms with van der Waals surface area (Å²) < 4.78 is 35.1. The average Bonchev–Trinajstić information content (AvgIpc) is 2.86. The fraction of sp³-hybridized carbons (Fsp3) is 0.294. The van der Waals surface area contributed by atoms with Crippen LogP contribution in [0.4, 0.5) is 0 Å². The first-order chi connectivity index (χ1) is 12.2. The number of carbonyl (C=O) groups is 1. The van der Waals surface area contributed by atoms with Crippen LogP contribution in [0.2, 0.25) is 0 Å². The molecule has 1 saturated heterocycles. The molecule has 7 nitrogen and oxygen atoms in total. The van der Waals surface area contributed by atoms with Crippen LogP contribution in [-0.2, 0) is 14.6 Å². The molecule has 1 aromatic heterocycles. The molecule has 138 valence electrons. The Balaban J connectivity index is 1.76. The van der Waals surface area contributed by atoms with Gasteiger partial charge in [0.15, 0.2) is 21.0 Å². The Bertz CT molecular complexity index is 931. The molecule has 26 heavy (non-hydrogen) atoms. The third kappa shape index (κ3) is 4.34. The standard InChI is InChI=1S/C17H17BrN2O5S/c1-20-6-5-15(17(20)21)25-14-8-11(18)7-13(9-14)24-12-3-4-16(19-10-12)26(2,22)23/h3-4,7-10,15H,5-6H2,1-2H3. The van der Waals surface area contributed by atoms with Gasteiger partial charge in [-0.25, -0.2) is 13.4 Å². The van der Waals surface area contributed by atoms with Crippen LogP contribution in [0.25, 0.3) is 0 Å². The number of likely N-dealkylation sites (N-methyl/N-ethyl adjacent to an activating group) is 1. The number of pyridine rings is 1. The number of benzene rings is 1. The zero-order valence-electron chi connectivity index (χ0n) is 14.2. The molecule has 2 aromatic rings. The minimum atomic E-state index is -3.36. The molecular formula is C17H17BrN2O5S. The van der Waals surface area contributed by atoms with Crippen molar-refractivity contribution in [1.82, 2.24) is 9.88 Å². The van der Waals surface area contributed by atoms with Crippen LogP contribution in [-0.4, -0.2) is 50.2 Å². The summed E-state index contributed by atoms with van der Waals surface area (Å²) >= 11 is 3.39. The molecule has 0 saturated carbocycles. The van der Waals surface area contributed by atoms with Crippen molar-refractivity contribution in [2.45, 2.75) is 17.6 Å². The first-order valence-corrected chi connectivity index (χ1v) is 10.5. The Morgan fingerprint density at radius 1 is 1.19 bits per heavy atom. The van der Waals surface area contributed by atoms with Crippen molar-refractivity contribution in [2.24, 2.45) is 0 Å². The second-order valence-corrected chi connectivity index (χ2v) is 8.86. The summed E-state index contributed by atoms with van der Waals surface area (Å²) in [5.74, 6) is 1.32. The van der Waals surface area contributed by atoms with Crippen molar-refractivity contribution in [3.8, 4) is 17.2 Å². The molecule has 1 aliphatic rings. The summed E-state index contributed by atoms with van der Waals surface area (Å²) in [6.07, 6.45) is 2.57. The molecule has 1 aliphatic heterocycles. The lowest BCUT2D eigenvalue weighted by Gasteiger charge is -2.14. The fourth-order valence-corrected chi connectivity index (χ4v) is 3.52. The number of carbonyl (C=O) groups excluding carboxylic acids is 1. The molecule has 0 aliphatic carbocycles. The normalized spacial score (nSPS) is 17.4. The minimum Gasteiger partial charge on any atom is -0.480 e. The third-order valence-corrected chi connectivity index (χ3v) is 5.29. The van der Waals surface area contributed by atoms with Crippen molar-refractivity contribution in [3.63, 3.8) is 0 Å². The first-order valence-electron chi connectivity index (χ1n) is 7.78. The number of hydrogen-bond acceptors (Lipinski definition) is 6. The number of nitrogens with zero attached hydrogens (tertiary/aromatic N) is 2. The van der Waals surface area contributed by atoms with E-state index in [1.807, 2.05) is 0 Å². The molecule has 0 spiro atoms. The van der Waals surface area contributed by atoms with E-state index in [2.05, 4.69) is 20.9 Å². The maximum absolute atomic E-state index is 12.0. The smallest absolute Gasteiger partial charge is 0.263 e. The summed E-state index contributed by atoms with van der Waals surface area (Å²) in [6.45, 7) is 0.666. The van der Waals surface area contributed by atoms with Crippen LogP contribution >= 0.6 is 15.9 Å². The maximum atomic E-state index is 12.0. The van der Waals surface area contributed by atoms with Gasteiger partial charge in [0.2, 0.25) is 0 Å². The zero-order chi connectivity index (χ0) is 18.9. The van der Waals surface area contributed by atoms with E-state index in [1.165, 1.54) is 18.3 Å². The Labute approximate surface area is 160 Å². The lowest BCUT2D eigenvalue weighted by Crippen LogP contribution is -2.29. The number of rotatable bonds is 5. The molecule has 1 amide bonds. The lowest BCUT2D eigenvalue weighted by atomic mass is 10.3. The maximum Gasteiger partial charge on any atom is 0.263 e.